The fourth-order valence-electron chi connectivity index (χ4n) is 1.36. The molecule has 0 atom stereocenters. The first-order valence-electron chi connectivity index (χ1n) is 5.71. The summed E-state index contributed by atoms with van der Waals surface area (Å²) in [6.45, 7) is 1.40. The molecule has 21 heavy (non-hydrogen) atoms. The lowest BCUT2D eigenvalue weighted by molar-refractivity contribution is -0.154. The van der Waals surface area contributed by atoms with Crippen LogP contribution in [0.3, 0.4) is 0 Å². The minimum atomic E-state index is -4.72. The molecule has 0 aliphatic heterocycles. The van der Waals surface area contributed by atoms with Crippen LogP contribution < -0.4 is 10.9 Å². The van der Waals surface area contributed by atoms with Crippen LogP contribution in [0, 0.1) is 0 Å². The second kappa shape index (κ2) is 6.73. The molecule has 0 heterocycles. The summed E-state index contributed by atoms with van der Waals surface area (Å²) in [7, 11) is 0. The Bertz CT molecular complexity index is 558. The van der Waals surface area contributed by atoms with Gasteiger partial charge in [0.1, 0.15) is 0 Å². The van der Waals surface area contributed by atoms with Crippen molar-refractivity contribution in [2.45, 2.75) is 13.1 Å². The zero-order valence-electron chi connectivity index (χ0n) is 10.8. The average Bonchev–Trinajstić information content (AvgIpc) is 2.43. The lowest BCUT2D eigenvalue weighted by atomic mass is 10.1. The van der Waals surface area contributed by atoms with Gasteiger partial charge in [0.25, 0.3) is 5.91 Å². The molecule has 0 spiro atoms. The average molecular weight is 304 g/mol. The van der Waals surface area contributed by atoms with Crippen LogP contribution in [-0.4, -0.2) is 24.4 Å². The summed E-state index contributed by atoms with van der Waals surface area (Å²) >= 11 is 0. The summed E-state index contributed by atoms with van der Waals surface area (Å²) in [5.74, 6) is -3.77. The Hall–Kier alpha value is -2.58. The van der Waals surface area contributed by atoms with E-state index in [1.165, 1.54) is 13.0 Å². The van der Waals surface area contributed by atoms with E-state index in [0.717, 1.165) is 18.2 Å². The van der Waals surface area contributed by atoms with E-state index >= 15 is 0 Å². The topological polar surface area (TPSA) is 84.5 Å². The van der Waals surface area contributed by atoms with E-state index in [1.807, 2.05) is 0 Å². The lowest BCUT2D eigenvalue weighted by Crippen LogP contribution is -2.45. The third-order valence-electron chi connectivity index (χ3n) is 2.23. The van der Waals surface area contributed by atoms with Crippen LogP contribution in [0.5, 0.6) is 0 Å². The zero-order valence-corrected chi connectivity index (χ0v) is 10.8. The van der Waals surface area contributed by atoms with E-state index in [-0.39, 0.29) is 6.61 Å². The first kappa shape index (κ1) is 16.5. The molecule has 1 aromatic carbocycles. The molecule has 0 saturated carbocycles. The third-order valence-corrected chi connectivity index (χ3v) is 2.23. The maximum atomic E-state index is 12.7. The minimum Gasteiger partial charge on any atom is -0.459 e. The second-order valence-corrected chi connectivity index (χ2v) is 3.67. The van der Waals surface area contributed by atoms with Gasteiger partial charge in [-0.1, -0.05) is 12.1 Å². The number of nitrogens with one attached hydrogen (secondary N) is 2. The molecule has 0 fully saturated rings. The maximum Gasteiger partial charge on any atom is 0.417 e. The van der Waals surface area contributed by atoms with Crippen molar-refractivity contribution in [3.05, 3.63) is 35.4 Å². The Labute approximate surface area is 117 Å². The number of hydrazine groups is 1. The number of alkyl halides is 3. The maximum absolute atomic E-state index is 12.7. The number of halogens is 3. The molecule has 0 aliphatic rings. The number of carbonyl (C=O) groups is 3. The molecule has 0 aromatic heterocycles. The van der Waals surface area contributed by atoms with Gasteiger partial charge in [-0.2, -0.15) is 13.2 Å². The van der Waals surface area contributed by atoms with Crippen molar-refractivity contribution in [3.63, 3.8) is 0 Å². The van der Waals surface area contributed by atoms with Gasteiger partial charge in [0, 0.05) is 0 Å². The SMILES string of the molecule is CCOC(=O)C(=O)NNC(=O)c1ccccc1C(F)(F)F. The highest BCUT2D eigenvalue weighted by Crippen LogP contribution is 2.31. The monoisotopic (exact) mass is 304 g/mol. The van der Waals surface area contributed by atoms with Crippen molar-refractivity contribution in [3.8, 4) is 0 Å². The van der Waals surface area contributed by atoms with Crippen LogP contribution in [-0.2, 0) is 20.5 Å². The van der Waals surface area contributed by atoms with E-state index in [9.17, 15) is 27.6 Å². The number of amides is 2. The number of ether oxygens (including phenoxy) is 1. The standard InChI is InChI=1S/C12H11F3N2O4/c1-2-21-11(20)10(19)17-16-9(18)7-5-3-4-6-8(7)12(13,14)15/h3-6H,2H2,1H3,(H,16,18)(H,17,19). The summed E-state index contributed by atoms with van der Waals surface area (Å²) < 4.78 is 42.4. The molecular weight excluding hydrogens is 293 g/mol. The van der Waals surface area contributed by atoms with E-state index < -0.39 is 35.1 Å². The number of carbonyl (C=O) groups excluding carboxylic acids is 3. The van der Waals surface area contributed by atoms with Crippen LogP contribution >= 0.6 is 0 Å². The van der Waals surface area contributed by atoms with Crippen LogP contribution in [0.25, 0.3) is 0 Å². The highest BCUT2D eigenvalue weighted by atomic mass is 19.4. The molecule has 2 amide bonds. The summed E-state index contributed by atoms with van der Waals surface area (Å²) in [6, 6.07) is 4.02. The Morgan fingerprint density at radius 2 is 1.76 bits per heavy atom. The number of esters is 1. The molecule has 1 rings (SSSR count). The van der Waals surface area contributed by atoms with E-state index in [4.69, 9.17) is 0 Å². The van der Waals surface area contributed by atoms with Crippen molar-refractivity contribution < 1.29 is 32.3 Å². The number of hydrogen-bond donors (Lipinski definition) is 2. The summed E-state index contributed by atoms with van der Waals surface area (Å²) in [5, 5.41) is 0. The van der Waals surface area contributed by atoms with Crippen molar-refractivity contribution in [2.24, 2.45) is 0 Å². The second-order valence-electron chi connectivity index (χ2n) is 3.67. The van der Waals surface area contributed by atoms with Gasteiger partial charge in [0.2, 0.25) is 0 Å². The largest absolute Gasteiger partial charge is 0.459 e. The molecule has 6 nitrogen and oxygen atoms in total. The lowest BCUT2D eigenvalue weighted by Gasteiger charge is -2.12. The minimum absolute atomic E-state index is 0.0584. The molecule has 9 heteroatoms. The van der Waals surface area contributed by atoms with Crippen molar-refractivity contribution in [1.82, 2.24) is 10.9 Å². The first-order valence-corrected chi connectivity index (χ1v) is 5.71. The van der Waals surface area contributed by atoms with Gasteiger partial charge in [-0.25, -0.2) is 4.79 Å². The summed E-state index contributed by atoms with van der Waals surface area (Å²) in [4.78, 5) is 33.7. The molecule has 0 aliphatic carbocycles. The van der Waals surface area contributed by atoms with Gasteiger partial charge in [0.15, 0.2) is 0 Å². The normalized spacial score (nSPS) is 10.7. The van der Waals surface area contributed by atoms with E-state index in [2.05, 4.69) is 4.74 Å². The van der Waals surface area contributed by atoms with Crippen LogP contribution in [0.2, 0.25) is 0 Å². The van der Waals surface area contributed by atoms with Gasteiger partial charge in [0.05, 0.1) is 17.7 Å². The van der Waals surface area contributed by atoms with Crippen LogP contribution in [0.1, 0.15) is 22.8 Å². The van der Waals surface area contributed by atoms with Gasteiger partial charge >= 0.3 is 18.1 Å². The van der Waals surface area contributed by atoms with Gasteiger partial charge in [-0.3, -0.25) is 20.4 Å². The van der Waals surface area contributed by atoms with Gasteiger partial charge < -0.3 is 4.74 Å². The molecule has 0 radical (unpaired) electrons. The molecule has 1 aromatic rings. The third kappa shape index (κ3) is 4.48. The quantitative estimate of drug-likeness (QED) is 0.485. The zero-order chi connectivity index (χ0) is 16.0. The van der Waals surface area contributed by atoms with E-state index in [1.54, 1.807) is 10.9 Å². The van der Waals surface area contributed by atoms with Gasteiger partial charge in [-0.05, 0) is 19.1 Å². The Morgan fingerprint density at radius 3 is 2.33 bits per heavy atom. The molecule has 114 valence electrons. The number of hydrogen-bond acceptors (Lipinski definition) is 4. The van der Waals surface area contributed by atoms with Gasteiger partial charge in [-0.15, -0.1) is 0 Å². The summed E-state index contributed by atoms with van der Waals surface area (Å²) in [5.41, 5.74) is 1.53. The first-order chi connectivity index (χ1) is 9.77. The summed E-state index contributed by atoms with van der Waals surface area (Å²) in [6.07, 6.45) is -4.72. The fourth-order valence-corrected chi connectivity index (χ4v) is 1.36. The highest BCUT2D eigenvalue weighted by molar-refractivity contribution is 6.32. The predicted molar refractivity (Wildman–Crippen MR) is 63.7 cm³/mol. The Kier molecular flexibility index (Phi) is 5.28. The van der Waals surface area contributed by atoms with Crippen molar-refractivity contribution >= 4 is 17.8 Å². The molecule has 0 bridgehead atoms. The number of rotatable bonds is 2. The molecule has 2 N–H and O–H groups in total. The number of benzene rings is 1. The Balaban J connectivity index is 2.78. The predicted octanol–water partition coefficient (Wildman–Crippen LogP) is 1.03. The van der Waals surface area contributed by atoms with Crippen LogP contribution in [0.4, 0.5) is 13.2 Å². The van der Waals surface area contributed by atoms with Crippen molar-refractivity contribution in [1.29, 1.82) is 0 Å². The Morgan fingerprint density at radius 1 is 1.14 bits per heavy atom. The van der Waals surface area contributed by atoms with Crippen molar-refractivity contribution in [2.75, 3.05) is 6.61 Å². The van der Waals surface area contributed by atoms with Crippen LogP contribution in [0.15, 0.2) is 24.3 Å². The smallest absolute Gasteiger partial charge is 0.417 e. The highest BCUT2D eigenvalue weighted by Gasteiger charge is 2.35. The molecule has 0 unspecified atom stereocenters. The molecule has 0 saturated heterocycles. The van der Waals surface area contributed by atoms with E-state index in [0.29, 0.717) is 0 Å². The fraction of sp³-hybridized carbons (Fsp3) is 0.250. The molecular formula is C12H11F3N2O4.